The normalized spacial score (nSPS) is 24.5. The van der Waals surface area contributed by atoms with Crippen molar-refractivity contribution in [2.24, 2.45) is 11.3 Å². The standard InChI is InChI=1S/C11H16O4/c1-7-5-11(6-8(7)2,9(12)14-3)10(13)15-4/h8H,1,5-6H2,2-4H3/i1+1,2D,5+1. The van der Waals surface area contributed by atoms with Crippen molar-refractivity contribution in [1.82, 2.24) is 0 Å². The summed E-state index contributed by atoms with van der Waals surface area (Å²) in [7, 11) is 2.48. The van der Waals surface area contributed by atoms with Crippen LogP contribution in [-0.4, -0.2) is 26.2 Å². The molecule has 4 nitrogen and oxygen atoms in total. The smallest absolute Gasteiger partial charge is 0.323 e. The van der Waals surface area contributed by atoms with Gasteiger partial charge in [0.05, 0.1) is 14.2 Å². The molecule has 0 saturated heterocycles. The van der Waals surface area contributed by atoms with E-state index in [2.05, 4.69) is 16.1 Å². The molecule has 0 N–H and O–H groups in total. The van der Waals surface area contributed by atoms with E-state index in [1.165, 1.54) is 14.2 Å². The fourth-order valence-electron chi connectivity index (χ4n) is 1.95. The van der Waals surface area contributed by atoms with Crippen molar-refractivity contribution in [3.05, 3.63) is 12.2 Å². The lowest BCUT2D eigenvalue weighted by Crippen LogP contribution is -2.39. The molecule has 1 aliphatic carbocycles. The molecule has 4 heteroatoms. The second-order valence-electron chi connectivity index (χ2n) is 3.80. The first-order chi connectivity index (χ1) is 7.51. The number of hydrogen-bond acceptors (Lipinski definition) is 4. The van der Waals surface area contributed by atoms with Crippen molar-refractivity contribution in [3.63, 3.8) is 0 Å². The predicted molar refractivity (Wildman–Crippen MR) is 54.0 cm³/mol. The van der Waals surface area contributed by atoms with Crippen molar-refractivity contribution in [2.75, 3.05) is 14.2 Å². The number of allylic oxidation sites excluding steroid dienone is 1. The maximum atomic E-state index is 11.7. The van der Waals surface area contributed by atoms with Crippen LogP contribution in [0.1, 0.15) is 21.1 Å². The van der Waals surface area contributed by atoms with Crippen molar-refractivity contribution < 1.29 is 20.4 Å². The van der Waals surface area contributed by atoms with Crippen LogP contribution in [0.5, 0.6) is 0 Å². The molecule has 15 heavy (non-hydrogen) atoms. The van der Waals surface area contributed by atoms with Crippen LogP contribution in [0.25, 0.3) is 0 Å². The molecule has 1 saturated carbocycles. The van der Waals surface area contributed by atoms with E-state index in [4.69, 9.17) is 1.37 Å². The fourth-order valence-corrected chi connectivity index (χ4v) is 1.95. The zero-order chi connectivity index (χ0) is 12.3. The highest BCUT2D eigenvalue weighted by atomic mass is 16.5. The van der Waals surface area contributed by atoms with Gasteiger partial charge in [-0.15, -0.1) is 0 Å². The minimum Gasteiger partial charge on any atom is -0.468 e. The van der Waals surface area contributed by atoms with Gasteiger partial charge in [0.25, 0.3) is 0 Å². The molecule has 1 fully saturated rings. The van der Waals surface area contributed by atoms with Gasteiger partial charge in [-0.1, -0.05) is 19.1 Å². The van der Waals surface area contributed by atoms with Crippen LogP contribution in [0, 0.1) is 11.3 Å². The van der Waals surface area contributed by atoms with Gasteiger partial charge in [0.1, 0.15) is 0 Å². The maximum absolute atomic E-state index is 11.7. The first kappa shape index (κ1) is 10.2. The Bertz CT molecular complexity index is 308. The van der Waals surface area contributed by atoms with Gasteiger partial charge in [0, 0.05) is 1.37 Å². The molecule has 0 amide bonds. The second kappa shape index (κ2) is 4.04. The van der Waals surface area contributed by atoms with Gasteiger partial charge in [-0.25, -0.2) is 0 Å². The molecule has 0 spiro atoms. The Morgan fingerprint density at radius 3 is 2.33 bits per heavy atom. The largest absolute Gasteiger partial charge is 0.468 e. The maximum Gasteiger partial charge on any atom is 0.323 e. The minimum atomic E-state index is -1.29. The number of hydrogen-bond donors (Lipinski definition) is 0. The van der Waals surface area contributed by atoms with Crippen LogP contribution in [0.4, 0.5) is 0 Å². The lowest BCUT2D eigenvalue weighted by molar-refractivity contribution is -0.168. The van der Waals surface area contributed by atoms with E-state index >= 15 is 0 Å². The van der Waals surface area contributed by atoms with Crippen molar-refractivity contribution in [3.8, 4) is 0 Å². The first-order valence-corrected chi connectivity index (χ1v) is 4.65. The highest BCUT2D eigenvalue weighted by Crippen LogP contribution is 2.46. The predicted octanol–water partition coefficient (Wildman–Crippen LogP) is 1.30. The van der Waals surface area contributed by atoms with E-state index < -0.39 is 17.4 Å². The summed E-state index contributed by atoms with van der Waals surface area (Å²) in [5, 5.41) is 0. The molecule has 0 heterocycles. The third kappa shape index (κ3) is 1.76. The second-order valence-corrected chi connectivity index (χ2v) is 3.80. The summed E-state index contributed by atoms with van der Waals surface area (Å²) in [5.41, 5.74) is -0.544. The van der Waals surface area contributed by atoms with Crippen LogP contribution in [0.2, 0.25) is 0 Å². The SMILES string of the molecule is [2H]CC1CC(C(=O)OC)(C(=O)OC)[13CH2]C1=[13CH2]. The van der Waals surface area contributed by atoms with Gasteiger partial charge in [0.15, 0.2) is 5.41 Å². The summed E-state index contributed by atoms with van der Waals surface area (Å²) in [6, 6.07) is 0. The van der Waals surface area contributed by atoms with Gasteiger partial charge >= 0.3 is 11.9 Å². The fraction of sp³-hybridized carbons (Fsp3) is 0.636. The summed E-state index contributed by atoms with van der Waals surface area (Å²) < 4.78 is 16.7. The zero-order valence-electron chi connectivity index (χ0n) is 10.0. The minimum absolute atomic E-state index is 0.120. The number of methoxy groups -OCH3 is 2. The van der Waals surface area contributed by atoms with Crippen LogP contribution in [-0.2, 0) is 19.1 Å². The van der Waals surface area contributed by atoms with Gasteiger partial charge in [-0.2, -0.15) is 0 Å². The molecule has 0 aromatic carbocycles. The molecular weight excluding hydrogens is 198 g/mol. The number of rotatable bonds is 2. The monoisotopic (exact) mass is 215 g/mol. The van der Waals surface area contributed by atoms with E-state index in [-0.39, 0.29) is 25.7 Å². The lowest BCUT2D eigenvalue weighted by atomic mass is 9.91. The Morgan fingerprint density at radius 2 is 2.00 bits per heavy atom. The van der Waals surface area contributed by atoms with E-state index in [0.717, 1.165) is 5.57 Å². The molecule has 1 rings (SSSR count). The zero-order valence-corrected chi connectivity index (χ0v) is 9.04. The third-order valence-corrected chi connectivity index (χ3v) is 2.85. The molecule has 1 unspecified atom stereocenters. The average molecular weight is 215 g/mol. The molecule has 0 aromatic rings. The molecule has 1 aliphatic rings. The number of carbonyl (C=O) groups excluding carboxylic acids is 2. The Morgan fingerprint density at radius 1 is 1.47 bits per heavy atom. The topological polar surface area (TPSA) is 52.6 Å². The Hall–Kier alpha value is -1.32. The van der Waals surface area contributed by atoms with E-state index in [1.807, 2.05) is 0 Å². The number of ether oxygens (including phenoxy) is 2. The molecule has 0 radical (unpaired) electrons. The quantitative estimate of drug-likeness (QED) is 0.301. The van der Waals surface area contributed by atoms with Crippen molar-refractivity contribution >= 4 is 11.9 Å². The van der Waals surface area contributed by atoms with Crippen LogP contribution in [0.15, 0.2) is 12.2 Å². The summed E-state index contributed by atoms with van der Waals surface area (Å²) >= 11 is 0. The summed E-state index contributed by atoms with van der Waals surface area (Å²) in [6.07, 6.45) is 0.477. The lowest BCUT2D eigenvalue weighted by Gasteiger charge is -2.22. The molecule has 0 bridgehead atoms. The van der Waals surface area contributed by atoms with E-state index in [0.29, 0.717) is 0 Å². The molecule has 0 aromatic heterocycles. The first-order valence-electron chi connectivity index (χ1n) is 5.36. The van der Waals surface area contributed by atoms with E-state index in [1.54, 1.807) is 0 Å². The van der Waals surface area contributed by atoms with Crippen LogP contribution in [0.3, 0.4) is 0 Å². The Labute approximate surface area is 90.6 Å². The van der Waals surface area contributed by atoms with Gasteiger partial charge in [-0.3, -0.25) is 9.59 Å². The molecule has 84 valence electrons. The highest BCUT2D eigenvalue weighted by molar-refractivity contribution is 6.01. The van der Waals surface area contributed by atoms with Gasteiger partial charge in [0.2, 0.25) is 0 Å². The molecular formula is C11H16O4. The number of carbonyl (C=O) groups is 2. The summed E-state index contributed by atoms with van der Waals surface area (Å²) in [5.74, 6) is -1.34. The molecule has 0 aliphatic heterocycles. The van der Waals surface area contributed by atoms with Gasteiger partial charge < -0.3 is 9.47 Å². The number of esters is 2. The van der Waals surface area contributed by atoms with Crippen molar-refractivity contribution in [2.45, 2.75) is 19.7 Å². The van der Waals surface area contributed by atoms with Gasteiger partial charge in [-0.05, 0) is 18.8 Å². The summed E-state index contributed by atoms with van der Waals surface area (Å²) in [6.45, 7) is 3.92. The Kier molecular flexibility index (Phi) is 2.75. The van der Waals surface area contributed by atoms with Crippen LogP contribution >= 0.6 is 0 Å². The highest BCUT2D eigenvalue weighted by Gasteiger charge is 2.53. The average Bonchev–Trinajstić information content (AvgIpc) is 2.65. The molecule has 1 atom stereocenters. The summed E-state index contributed by atoms with van der Waals surface area (Å²) in [4.78, 5) is 23.4. The Balaban J connectivity index is 3.04. The van der Waals surface area contributed by atoms with Crippen LogP contribution < -0.4 is 0 Å². The third-order valence-electron chi connectivity index (χ3n) is 2.85. The van der Waals surface area contributed by atoms with Crippen molar-refractivity contribution in [1.29, 1.82) is 0 Å². The van der Waals surface area contributed by atoms with E-state index in [9.17, 15) is 9.59 Å².